The van der Waals surface area contributed by atoms with Gasteiger partial charge in [-0.2, -0.15) is 0 Å². The second-order valence-corrected chi connectivity index (χ2v) is 10.7. The molecule has 0 bridgehead atoms. The summed E-state index contributed by atoms with van der Waals surface area (Å²) in [6.45, 7) is 1.86. The Morgan fingerprint density at radius 2 is 1.03 bits per heavy atom. The molecule has 0 saturated heterocycles. The highest BCUT2D eigenvalue weighted by atomic mass is 32.2. The van der Waals surface area contributed by atoms with Crippen molar-refractivity contribution in [3.8, 4) is 11.5 Å². The molecule has 0 amide bonds. The normalized spacial score (nSPS) is 11.3. The summed E-state index contributed by atoms with van der Waals surface area (Å²) in [5.41, 5.74) is 0.702. The number of furan rings is 3. The molecule has 33 heavy (non-hydrogen) atoms. The number of phenolic OH excluding ortho intramolecular Hbond substituents is 2. The van der Waals surface area contributed by atoms with Crippen molar-refractivity contribution in [1.29, 1.82) is 0 Å². The van der Waals surface area contributed by atoms with Gasteiger partial charge in [-0.15, -0.1) is 35.3 Å². The third-order valence-corrected chi connectivity index (χ3v) is 8.74. The van der Waals surface area contributed by atoms with Crippen LogP contribution < -0.4 is 0 Å². The predicted octanol–water partition coefficient (Wildman–Crippen LogP) is 7.19. The van der Waals surface area contributed by atoms with Gasteiger partial charge in [0.15, 0.2) is 11.5 Å². The van der Waals surface area contributed by atoms with Crippen molar-refractivity contribution in [3.05, 3.63) is 78.0 Å². The first kappa shape index (κ1) is 23.9. The van der Waals surface area contributed by atoms with Gasteiger partial charge in [0, 0.05) is 51.9 Å². The van der Waals surface area contributed by atoms with Crippen LogP contribution in [0.15, 0.2) is 83.1 Å². The third kappa shape index (κ3) is 6.19. The summed E-state index contributed by atoms with van der Waals surface area (Å²) in [6, 6.07) is 11.5. The lowest BCUT2D eigenvalue weighted by molar-refractivity contribution is 0.387. The molecule has 3 heterocycles. The van der Waals surface area contributed by atoms with Crippen molar-refractivity contribution in [2.24, 2.45) is 0 Å². The number of benzene rings is 1. The summed E-state index contributed by atoms with van der Waals surface area (Å²) in [4.78, 5) is 2.72. The van der Waals surface area contributed by atoms with E-state index < -0.39 is 0 Å². The van der Waals surface area contributed by atoms with Crippen LogP contribution in [0.4, 0.5) is 0 Å². The minimum atomic E-state index is -0.0496. The molecular formula is C25H26O5S3. The second kappa shape index (κ2) is 11.7. The molecule has 0 radical (unpaired) electrons. The lowest BCUT2D eigenvalue weighted by atomic mass is 10.2. The number of thioether (sulfide) groups is 3. The zero-order chi connectivity index (χ0) is 23.0. The molecule has 0 aliphatic heterocycles. The Balaban J connectivity index is 1.55. The van der Waals surface area contributed by atoms with Gasteiger partial charge in [-0.05, 0) is 43.3 Å². The maximum absolute atomic E-state index is 10.8. The average Bonchev–Trinajstić information content (AvgIpc) is 3.60. The summed E-state index contributed by atoms with van der Waals surface area (Å²) >= 11 is 4.91. The SMILES string of the molecule is Cc1c(O)c(O)c(SCCc2ccco2)c(SCCc2ccco2)c1SCCc1ccco1. The molecule has 0 spiro atoms. The fourth-order valence-electron chi connectivity index (χ4n) is 3.34. The van der Waals surface area contributed by atoms with Gasteiger partial charge in [-0.3, -0.25) is 0 Å². The van der Waals surface area contributed by atoms with E-state index in [1.54, 1.807) is 54.1 Å². The van der Waals surface area contributed by atoms with E-state index in [0.29, 0.717) is 5.56 Å². The lowest BCUT2D eigenvalue weighted by Crippen LogP contribution is -1.97. The van der Waals surface area contributed by atoms with Crippen LogP contribution in [-0.2, 0) is 19.3 Å². The fraction of sp³-hybridized carbons (Fsp3) is 0.280. The number of aryl methyl sites for hydroxylation is 3. The van der Waals surface area contributed by atoms with Gasteiger partial charge in [0.1, 0.15) is 17.3 Å². The number of rotatable bonds is 12. The Kier molecular flexibility index (Phi) is 8.47. The van der Waals surface area contributed by atoms with Gasteiger partial charge in [0.05, 0.1) is 23.7 Å². The zero-order valence-electron chi connectivity index (χ0n) is 18.3. The summed E-state index contributed by atoms with van der Waals surface area (Å²) in [7, 11) is 0. The third-order valence-electron chi connectivity index (χ3n) is 5.07. The highest BCUT2D eigenvalue weighted by molar-refractivity contribution is 8.04. The lowest BCUT2D eigenvalue weighted by Gasteiger charge is -2.19. The molecule has 0 atom stereocenters. The van der Waals surface area contributed by atoms with Crippen LogP contribution >= 0.6 is 35.3 Å². The molecular weight excluding hydrogens is 476 g/mol. The van der Waals surface area contributed by atoms with E-state index in [2.05, 4.69) is 0 Å². The smallest absolute Gasteiger partial charge is 0.172 e. The molecule has 174 valence electrons. The second-order valence-electron chi connectivity index (χ2n) is 7.34. The zero-order valence-corrected chi connectivity index (χ0v) is 20.7. The number of phenols is 2. The highest BCUT2D eigenvalue weighted by Gasteiger charge is 2.23. The molecule has 4 rings (SSSR count). The van der Waals surface area contributed by atoms with E-state index in [4.69, 9.17) is 13.3 Å². The molecule has 0 fully saturated rings. The molecule has 2 N–H and O–H groups in total. The number of aromatic hydroxyl groups is 2. The Bertz CT molecular complexity index is 1050. The molecule has 0 saturated carbocycles. The van der Waals surface area contributed by atoms with Crippen LogP contribution in [0.2, 0.25) is 0 Å². The van der Waals surface area contributed by atoms with E-state index in [1.165, 1.54) is 0 Å². The van der Waals surface area contributed by atoms with Crippen LogP contribution in [0, 0.1) is 6.92 Å². The van der Waals surface area contributed by atoms with E-state index in [1.807, 2.05) is 43.3 Å². The van der Waals surface area contributed by atoms with Crippen LogP contribution in [0.25, 0.3) is 0 Å². The maximum Gasteiger partial charge on any atom is 0.172 e. The molecule has 5 nitrogen and oxygen atoms in total. The monoisotopic (exact) mass is 502 g/mol. The Morgan fingerprint density at radius 3 is 1.45 bits per heavy atom. The predicted molar refractivity (Wildman–Crippen MR) is 134 cm³/mol. The van der Waals surface area contributed by atoms with E-state index >= 15 is 0 Å². The first-order valence-corrected chi connectivity index (χ1v) is 13.6. The van der Waals surface area contributed by atoms with Gasteiger partial charge < -0.3 is 23.5 Å². The van der Waals surface area contributed by atoms with Crippen LogP contribution in [0.3, 0.4) is 0 Å². The summed E-state index contributed by atoms with van der Waals surface area (Å²) < 4.78 is 16.4. The van der Waals surface area contributed by atoms with Crippen molar-refractivity contribution in [2.75, 3.05) is 17.3 Å². The maximum atomic E-state index is 10.8. The van der Waals surface area contributed by atoms with Gasteiger partial charge in [0.2, 0.25) is 0 Å². The molecule has 0 unspecified atom stereocenters. The summed E-state index contributed by atoms with van der Waals surface area (Å²) in [5.74, 6) is 5.00. The Labute approximate surface area is 205 Å². The highest BCUT2D eigenvalue weighted by Crippen LogP contribution is 2.51. The first-order valence-electron chi connectivity index (χ1n) is 10.7. The van der Waals surface area contributed by atoms with Crippen molar-refractivity contribution in [2.45, 2.75) is 40.9 Å². The molecule has 8 heteroatoms. The van der Waals surface area contributed by atoms with Gasteiger partial charge in [-0.1, -0.05) is 0 Å². The molecule has 4 aromatic rings. The summed E-state index contributed by atoms with van der Waals surface area (Å²) in [5, 5.41) is 21.5. The quantitative estimate of drug-likeness (QED) is 0.156. The molecule has 0 aliphatic carbocycles. The van der Waals surface area contributed by atoms with E-state index in [-0.39, 0.29) is 11.5 Å². The number of hydrogen-bond acceptors (Lipinski definition) is 8. The van der Waals surface area contributed by atoms with Crippen molar-refractivity contribution in [1.82, 2.24) is 0 Å². The first-order chi connectivity index (χ1) is 16.1. The van der Waals surface area contributed by atoms with Crippen molar-refractivity contribution in [3.63, 3.8) is 0 Å². The number of hydrogen-bond donors (Lipinski definition) is 2. The molecule has 3 aromatic heterocycles. The van der Waals surface area contributed by atoms with Crippen LogP contribution in [0.1, 0.15) is 22.8 Å². The minimum absolute atomic E-state index is 0.0483. The molecule has 0 aliphatic rings. The average molecular weight is 503 g/mol. The fourth-order valence-corrected chi connectivity index (χ4v) is 7.16. The summed E-state index contributed by atoms with van der Waals surface area (Å²) in [6.07, 6.45) is 7.34. The van der Waals surface area contributed by atoms with Crippen molar-refractivity contribution >= 4 is 35.3 Å². The standard InChI is InChI=1S/C25H26O5S3/c1-17-21(26)22(27)24(32-15-9-19-6-3-12-29-19)25(33-16-10-20-7-4-13-30-20)23(17)31-14-8-18-5-2-11-28-18/h2-7,11-13,26-27H,8-10,14-16H2,1H3. The van der Waals surface area contributed by atoms with Crippen molar-refractivity contribution < 1.29 is 23.5 Å². The van der Waals surface area contributed by atoms with E-state index in [0.717, 1.165) is 68.5 Å². The largest absolute Gasteiger partial charge is 0.504 e. The minimum Gasteiger partial charge on any atom is -0.504 e. The van der Waals surface area contributed by atoms with E-state index in [9.17, 15) is 10.2 Å². The topological polar surface area (TPSA) is 79.9 Å². The Morgan fingerprint density at radius 1 is 0.606 bits per heavy atom. The van der Waals surface area contributed by atoms with Gasteiger partial charge >= 0.3 is 0 Å². The van der Waals surface area contributed by atoms with Gasteiger partial charge in [-0.25, -0.2) is 0 Å². The molecule has 1 aromatic carbocycles. The van der Waals surface area contributed by atoms with Gasteiger partial charge in [0.25, 0.3) is 0 Å². The Hall–Kier alpha value is -2.29. The van der Waals surface area contributed by atoms with Crippen LogP contribution in [0.5, 0.6) is 11.5 Å². The van der Waals surface area contributed by atoms with Crippen LogP contribution in [-0.4, -0.2) is 27.5 Å².